The molecule has 0 radical (unpaired) electrons. The smallest absolute Gasteiger partial charge is 0.0713 e. The monoisotopic (exact) mass is 915 g/mol. The number of benzene rings is 12. The molecule has 12 aromatic carbocycles. The van der Waals surface area contributed by atoms with E-state index in [9.17, 15) is 0 Å². The largest absolute Gasteiger partial charge is 0.311 e. The van der Waals surface area contributed by atoms with E-state index in [1.807, 2.05) is 0 Å². The normalized spacial score (nSPS) is 12.3. The highest BCUT2D eigenvalue weighted by molar-refractivity contribution is 5.96. The number of fused-ring (bicyclic) bond motifs is 4. The summed E-state index contributed by atoms with van der Waals surface area (Å²) in [5.41, 5.74) is 22.5. The molecule has 0 saturated heterocycles. The van der Waals surface area contributed by atoms with Crippen molar-refractivity contribution in [1.82, 2.24) is 0 Å². The molecule has 1 nitrogen and oxygen atoms in total. The molecule has 0 spiro atoms. The Bertz CT molecular complexity index is 3820. The van der Waals surface area contributed by atoms with Crippen LogP contribution in [0.1, 0.15) is 22.3 Å². The first-order valence-electron chi connectivity index (χ1n) is 24.9. The maximum absolute atomic E-state index is 2.37. The zero-order valence-corrected chi connectivity index (χ0v) is 39.7. The quantitative estimate of drug-likeness (QED) is 0.132. The standard InChI is InChI=1S/C71H49N/c1-4-16-50(17-5-1)53-36-42-63(43-37-53)72(64-44-38-54(39-45-64)52-30-32-55(33-31-52)58-20-14-21-59(48-58)60-35-34-51-18-10-11-19-57(51)49-60)65-46-40-56(41-47-65)66-27-15-29-69-70(66)67-26-12-13-28-68(67)71(69,61-22-6-2-7-23-61)62-24-8-3-9-25-62/h1-49H. The lowest BCUT2D eigenvalue weighted by molar-refractivity contribution is 0.768. The molecule has 0 aromatic heterocycles. The van der Waals surface area contributed by atoms with E-state index in [2.05, 4.69) is 302 Å². The molecule has 0 bridgehead atoms. The summed E-state index contributed by atoms with van der Waals surface area (Å²) in [5.74, 6) is 0. The number of anilines is 3. The van der Waals surface area contributed by atoms with E-state index in [-0.39, 0.29) is 0 Å². The minimum Gasteiger partial charge on any atom is -0.311 e. The van der Waals surface area contributed by atoms with Crippen molar-refractivity contribution in [2.45, 2.75) is 5.41 Å². The van der Waals surface area contributed by atoms with Crippen LogP contribution in [0.5, 0.6) is 0 Å². The van der Waals surface area contributed by atoms with E-state index < -0.39 is 5.41 Å². The Balaban J connectivity index is 0.845. The van der Waals surface area contributed by atoms with E-state index in [0.29, 0.717) is 0 Å². The maximum Gasteiger partial charge on any atom is 0.0713 e. The summed E-state index contributed by atoms with van der Waals surface area (Å²) in [5, 5.41) is 2.51. The van der Waals surface area contributed by atoms with Gasteiger partial charge in [-0.3, -0.25) is 0 Å². The lowest BCUT2D eigenvalue weighted by Crippen LogP contribution is -2.28. The lowest BCUT2D eigenvalue weighted by atomic mass is 9.67. The molecule has 1 aliphatic rings. The minimum absolute atomic E-state index is 0.452. The molecule has 0 heterocycles. The first-order valence-corrected chi connectivity index (χ1v) is 24.9. The molecule has 0 unspecified atom stereocenters. The van der Waals surface area contributed by atoms with Crippen LogP contribution in [-0.4, -0.2) is 0 Å². The average Bonchev–Trinajstić information content (AvgIpc) is 3.78. The molecule has 0 aliphatic heterocycles. The van der Waals surface area contributed by atoms with E-state index in [4.69, 9.17) is 0 Å². The van der Waals surface area contributed by atoms with Crippen LogP contribution >= 0.6 is 0 Å². The zero-order valence-electron chi connectivity index (χ0n) is 39.7. The molecule has 12 aromatic rings. The predicted octanol–water partition coefficient (Wildman–Crippen LogP) is 19.0. The molecule has 13 rings (SSSR count). The van der Waals surface area contributed by atoms with Gasteiger partial charge in [-0.1, -0.05) is 249 Å². The number of hydrogen-bond acceptors (Lipinski definition) is 1. The molecule has 1 aliphatic carbocycles. The van der Waals surface area contributed by atoms with Gasteiger partial charge in [-0.2, -0.15) is 0 Å². The van der Waals surface area contributed by atoms with Gasteiger partial charge in [0.1, 0.15) is 0 Å². The third kappa shape index (κ3) is 7.51. The van der Waals surface area contributed by atoms with Crippen LogP contribution in [0.25, 0.3) is 77.5 Å². The molecule has 0 N–H and O–H groups in total. The number of hydrogen-bond donors (Lipinski definition) is 0. The summed E-state index contributed by atoms with van der Waals surface area (Å²) in [6.07, 6.45) is 0. The van der Waals surface area contributed by atoms with E-state index in [1.165, 1.54) is 99.8 Å². The summed E-state index contributed by atoms with van der Waals surface area (Å²) < 4.78 is 0. The van der Waals surface area contributed by atoms with Crippen molar-refractivity contribution in [1.29, 1.82) is 0 Å². The topological polar surface area (TPSA) is 3.24 Å². The van der Waals surface area contributed by atoms with E-state index in [0.717, 1.165) is 17.1 Å². The highest BCUT2D eigenvalue weighted by Crippen LogP contribution is 2.58. The maximum atomic E-state index is 2.37. The molecular formula is C71H49N. The fourth-order valence-electron chi connectivity index (χ4n) is 11.3. The Kier molecular flexibility index (Phi) is 10.8. The van der Waals surface area contributed by atoms with Crippen LogP contribution in [-0.2, 0) is 5.41 Å². The van der Waals surface area contributed by atoms with Gasteiger partial charge in [0.25, 0.3) is 0 Å². The lowest BCUT2D eigenvalue weighted by Gasteiger charge is -2.34. The Labute approximate surface area is 422 Å². The van der Waals surface area contributed by atoms with Gasteiger partial charge in [0, 0.05) is 17.1 Å². The van der Waals surface area contributed by atoms with Crippen molar-refractivity contribution in [3.63, 3.8) is 0 Å². The fourth-order valence-corrected chi connectivity index (χ4v) is 11.3. The third-order valence-corrected chi connectivity index (χ3v) is 14.8. The molecule has 0 saturated carbocycles. The molecule has 0 atom stereocenters. The van der Waals surface area contributed by atoms with Crippen LogP contribution < -0.4 is 4.90 Å². The van der Waals surface area contributed by atoms with Crippen LogP contribution in [0.2, 0.25) is 0 Å². The highest BCUT2D eigenvalue weighted by Gasteiger charge is 2.46. The van der Waals surface area contributed by atoms with Crippen molar-refractivity contribution < 1.29 is 0 Å². The van der Waals surface area contributed by atoms with Crippen LogP contribution in [0.4, 0.5) is 17.1 Å². The summed E-state index contributed by atoms with van der Waals surface area (Å²) >= 11 is 0. The SMILES string of the molecule is c1ccc(-c2ccc(N(c3ccc(-c4ccc(-c5cccc(-c6ccc7ccccc7c6)c5)cc4)cc3)c3ccc(-c4cccc5c4-c4ccccc4C5(c4ccccc4)c4ccccc4)cc3)cc2)cc1. The Hall–Kier alpha value is -9.30. The van der Waals surface area contributed by atoms with Gasteiger partial charge in [-0.05, 0) is 148 Å². The Morgan fingerprint density at radius 2 is 0.597 bits per heavy atom. The summed E-state index contributed by atoms with van der Waals surface area (Å²) in [6, 6.07) is 109. The molecule has 72 heavy (non-hydrogen) atoms. The summed E-state index contributed by atoms with van der Waals surface area (Å²) in [7, 11) is 0. The molecular weight excluding hydrogens is 867 g/mol. The Morgan fingerprint density at radius 1 is 0.222 bits per heavy atom. The second-order valence-corrected chi connectivity index (χ2v) is 18.8. The molecule has 338 valence electrons. The molecule has 0 fully saturated rings. The predicted molar refractivity (Wildman–Crippen MR) is 303 cm³/mol. The second kappa shape index (κ2) is 18.2. The highest BCUT2D eigenvalue weighted by atomic mass is 15.1. The third-order valence-electron chi connectivity index (χ3n) is 14.8. The number of nitrogens with zero attached hydrogens (tertiary/aromatic N) is 1. The van der Waals surface area contributed by atoms with Crippen LogP contribution in [0.3, 0.4) is 0 Å². The van der Waals surface area contributed by atoms with Gasteiger partial charge in [0.05, 0.1) is 5.41 Å². The zero-order chi connectivity index (χ0) is 47.8. The molecule has 1 heteroatoms. The first-order chi connectivity index (χ1) is 35.7. The first kappa shape index (κ1) is 42.8. The van der Waals surface area contributed by atoms with E-state index in [1.54, 1.807) is 0 Å². The minimum atomic E-state index is -0.452. The van der Waals surface area contributed by atoms with Crippen LogP contribution in [0, 0.1) is 0 Å². The van der Waals surface area contributed by atoms with Crippen LogP contribution in [0.15, 0.2) is 297 Å². The van der Waals surface area contributed by atoms with Gasteiger partial charge in [0.15, 0.2) is 0 Å². The van der Waals surface area contributed by atoms with E-state index >= 15 is 0 Å². The van der Waals surface area contributed by atoms with Gasteiger partial charge >= 0.3 is 0 Å². The fraction of sp³-hybridized carbons (Fsp3) is 0.0141. The average molecular weight is 916 g/mol. The van der Waals surface area contributed by atoms with Crippen molar-refractivity contribution in [3.05, 3.63) is 320 Å². The number of rotatable bonds is 10. The Morgan fingerprint density at radius 3 is 1.19 bits per heavy atom. The second-order valence-electron chi connectivity index (χ2n) is 18.8. The molecule has 0 amide bonds. The van der Waals surface area contributed by atoms with Crippen molar-refractivity contribution >= 4 is 27.8 Å². The van der Waals surface area contributed by atoms with Gasteiger partial charge in [-0.25, -0.2) is 0 Å². The van der Waals surface area contributed by atoms with Gasteiger partial charge in [-0.15, -0.1) is 0 Å². The van der Waals surface area contributed by atoms with Crippen molar-refractivity contribution in [3.8, 4) is 66.8 Å². The summed E-state index contributed by atoms with van der Waals surface area (Å²) in [6.45, 7) is 0. The van der Waals surface area contributed by atoms with Crippen molar-refractivity contribution in [2.24, 2.45) is 0 Å². The van der Waals surface area contributed by atoms with Gasteiger partial charge in [0.2, 0.25) is 0 Å². The van der Waals surface area contributed by atoms with Gasteiger partial charge < -0.3 is 4.90 Å². The van der Waals surface area contributed by atoms with Crippen molar-refractivity contribution in [2.75, 3.05) is 4.90 Å². The summed E-state index contributed by atoms with van der Waals surface area (Å²) in [4.78, 5) is 2.37.